The number of ether oxygens (including phenoxy) is 1. The SMILES string of the molecule is CCNC1CCCC(c2cc(C)ccc2OC)C1. The van der Waals surface area contributed by atoms with Crippen molar-refractivity contribution in [3.63, 3.8) is 0 Å². The number of benzene rings is 1. The summed E-state index contributed by atoms with van der Waals surface area (Å²) in [5.41, 5.74) is 2.73. The Balaban J connectivity index is 2.17. The third kappa shape index (κ3) is 3.05. The lowest BCUT2D eigenvalue weighted by molar-refractivity contribution is 0.333. The van der Waals surface area contributed by atoms with E-state index in [9.17, 15) is 0 Å². The summed E-state index contributed by atoms with van der Waals surface area (Å²) in [5, 5.41) is 3.60. The van der Waals surface area contributed by atoms with Crippen LogP contribution in [0.4, 0.5) is 0 Å². The lowest BCUT2D eigenvalue weighted by Gasteiger charge is -2.31. The zero-order valence-corrected chi connectivity index (χ0v) is 11.8. The van der Waals surface area contributed by atoms with Gasteiger partial charge in [-0.05, 0) is 50.3 Å². The average molecular weight is 247 g/mol. The van der Waals surface area contributed by atoms with Crippen molar-refractivity contribution in [1.82, 2.24) is 5.32 Å². The van der Waals surface area contributed by atoms with Gasteiger partial charge in [-0.3, -0.25) is 0 Å². The Morgan fingerprint density at radius 3 is 2.89 bits per heavy atom. The van der Waals surface area contributed by atoms with Gasteiger partial charge in [-0.15, -0.1) is 0 Å². The lowest BCUT2D eigenvalue weighted by Crippen LogP contribution is -2.33. The number of aryl methyl sites for hydroxylation is 1. The van der Waals surface area contributed by atoms with E-state index in [4.69, 9.17) is 4.74 Å². The fourth-order valence-electron chi connectivity index (χ4n) is 3.12. The van der Waals surface area contributed by atoms with E-state index in [2.05, 4.69) is 37.4 Å². The molecule has 0 spiro atoms. The highest BCUT2D eigenvalue weighted by molar-refractivity contribution is 5.39. The molecule has 2 nitrogen and oxygen atoms in total. The van der Waals surface area contributed by atoms with E-state index in [0.717, 1.165) is 12.3 Å². The van der Waals surface area contributed by atoms with Crippen molar-refractivity contribution >= 4 is 0 Å². The summed E-state index contributed by atoms with van der Waals surface area (Å²) in [7, 11) is 1.78. The van der Waals surface area contributed by atoms with E-state index in [0.29, 0.717) is 12.0 Å². The molecule has 2 atom stereocenters. The van der Waals surface area contributed by atoms with Gasteiger partial charge in [0.25, 0.3) is 0 Å². The van der Waals surface area contributed by atoms with Crippen LogP contribution in [0.25, 0.3) is 0 Å². The first-order valence-electron chi connectivity index (χ1n) is 7.12. The first kappa shape index (κ1) is 13.4. The van der Waals surface area contributed by atoms with Crippen LogP contribution in [0.3, 0.4) is 0 Å². The Labute approximate surface area is 111 Å². The molecule has 0 aliphatic heterocycles. The van der Waals surface area contributed by atoms with Crippen molar-refractivity contribution in [2.24, 2.45) is 0 Å². The zero-order valence-electron chi connectivity index (χ0n) is 11.8. The molecular formula is C16H25NO. The van der Waals surface area contributed by atoms with Gasteiger partial charge < -0.3 is 10.1 Å². The fourth-order valence-corrected chi connectivity index (χ4v) is 3.12. The molecule has 2 rings (SSSR count). The number of hydrogen-bond acceptors (Lipinski definition) is 2. The molecule has 0 saturated heterocycles. The third-order valence-corrected chi connectivity index (χ3v) is 3.99. The van der Waals surface area contributed by atoms with Crippen molar-refractivity contribution in [3.05, 3.63) is 29.3 Å². The zero-order chi connectivity index (χ0) is 13.0. The van der Waals surface area contributed by atoms with Crippen molar-refractivity contribution in [3.8, 4) is 5.75 Å². The van der Waals surface area contributed by atoms with E-state index in [1.54, 1.807) is 7.11 Å². The van der Waals surface area contributed by atoms with Gasteiger partial charge in [-0.1, -0.05) is 31.0 Å². The molecule has 1 fully saturated rings. The molecule has 100 valence electrons. The largest absolute Gasteiger partial charge is 0.496 e. The molecule has 1 saturated carbocycles. The van der Waals surface area contributed by atoms with Crippen molar-refractivity contribution in [1.29, 1.82) is 0 Å². The first-order chi connectivity index (χ1) is 8.74. The van der Waals surface area contributed by atoms with Crippen LogP contribution in [0, 0.1) is 6.92 Å². The number of rotatable bonds is 4. The Bertz CT molecular complexity index is 387. The van der Waals surface area contributed by atoms with Crippen LogP contribution in [-0.4, -0.2) is 19.7 Å². The van der Waals surface area contributed by atoms with Gasteiger partial charge in [-0.25, -0.2) is 0 Å². The molecule has 2 unspecified atom stereocenters. The normalized spacial score (nSPS) is 23.9. The van der Waals surface area contributed by atoms with Crippen molar-refractivity contribution in [2.45, 2.75) is 51.5 Å². The number of methoxy groups -OCH3 is 1. The van der Waals surface area contributed by atoms with Crippen LogP contribution in [0.1, 0.15) is 49.7 Å². The molecule has 1 aromatic rings. The predicted octanol–water partition coefficient (Wildman–Crippen LogP) is 3.64. The van der Waals surface area contributed by atoms with E-state index in [1.807, 2.05) is 0 Å². The summed E-state index contributed by atoms with van der Waals surface area (Å²) in [6.07, 6.45) is 5.17. The highest BCUT2D eigenvalue weighted by atomic mass is 16.5. The molecule has 2 heteroatoms. The highest BCUT2D eigenvalue weighted by Crippen LogP contribution is 2.37. The summed E-state index contributed by atoms with van der Waals surface area (Å²) in [6, 6.07) is 7.23. The second-order valence-electron chi connectivity index (χ2n) is 5.36. The molecule has 0 bridgehead atoms. The van der Waals surface area contributed by atoms with Gasteiger partial charge in [-0.2, -0.15) is 0 Å². The number of hydrogen-bond donors (Lipinski definition) is 1. The van der Waals surface area contributed by atoms with Crippen LogP contribution in [-0.2, 0) is 0 Å². The maximum Gasteiger partial charge on any atom is 0.122 e. The van der Waals surface area contributed by atoms with Gasteiger partial charge in [0.05, 0.1) is 7.11 Å². The van der Waals surface area contributed by atoms with Crippen LogP contribution in [0.15, 0.2) is 18.2 Å². The van der Waals surface area contributed by atoms with Crippen LogP contribution < -0.4 is 10.1 Å². The summed E-state index contributed by atoms with van der Waals surface area (Å²) >= 11 is 0. The van der Waals surface area contributed by atoms with Crippen molar-refractivity contribution < 1.29 is 4.74 Å². The van der Waals surface area contributed by atoms with Crippen LogP contribution in [0.5, 0.6) is 5.75 Å². The summed E-state index contributed by atoms with van der Waals surface area (Å²) in [5.74, 6) is 1.71. The monoisotopic (exact) mass is 247 g/mol. The Hall–Kier alpha value is -1.02. The molecule has 1 aliphatic carbocycles. The maximum atomic E-state index is 5.53. The molecular weight excluding hydrogens is 222 g/mol. The average Bonchev–Trinajstić information content (AvgIpc) is 2.39. The molecule has 18 heavy (non-hydrogen) atoms. The Kier molecular flexibility index (Phi) is 4.65. The maximum absolute atomic E-state index is 5.53. The predicted molar refractivity (Wildman–Crippen MR) is 76.4 cm³/mol. The van der Waals surface area contributed by atoms with Gasteiger partial charge in [0.2, 0.25) is 0 Å². The second kappa shape index (κ2) is 6.24. The second-order valence-corrected chi connectivity index (χ2v) is 5.36. The van der Waals surface area contributed by atoms with Gasteiger partial charge in [0.1, 0.15) is 5.75 Å². The minimum Gasteiger partial charge on any atom is -0.496 e. The quantitative estimate of drug-likeness (QED) is 0.877. The molecule has 1 N–H and O–H groups in total. The van der Waals surface area contributed by atoms with Crippen LogP contribution in [0.2, 0.25) is 0 Å². The van der Waals surface area contributed by atoms with Gasteiger partial charge in [0.15, 0.2) is 0 Å². The van der Waals surface area contributed by atoms with E-state index in [1.165, 1.54) is 36.8 Å². The summed E-state index contributed by atoms with van der Waals surface area (Å²) in [6.45, 7) is 5.42. The molecule has 0 heterocycles. The van der Waals surface area contributed by atoms with E-state index >= 15 is 0 Å². The Morgan fingerprint density at radius 2 is 2.17 bits per heavy atom. The number of nitrogens with one attached hydrogen (secondary N) is 1. The minimum atomic E-state index is 0.651. The van der Waals surface area contributed by atoms with E-state index in [-0.39, 0.29) is 0 Å². The highest BCUT2D eigenvalue weighted by Gasteiger charge is 2.24. The van der Waals surface area contributed by atoms with E-state index < -0.39 is 0 Å². The molecule has 0 amide bonds. The van der Waals surface area contributed by atoms with Gasteiger partial charge in [0, 0.05) is 6.04 Å². The molecule has 1 aliphatic rings. The standard InChI is InChI=1S/C16H25NO/c1-4-17-14-7-5-6-13(11-14)15-10-12(2)8-9-16(15)18-3/h8-10,13-14,17H,4-7,11H2,1-3H3. The van der Waals surface area contributed by atoms with Gasteiger partial charge >= 0.3 is 0 Å². The first-order valence-corrected chi connectivity index (χ1v) is 7.12. The summed E-state index contributed by atoms with van der Waals surface area (Å²) in [4.78, 5) is 0. The molecule has 1 aromatic carbocycles. The Morgan fingerprint density at radius 1 is 1.33 bits per heavy atom. The van der Waals surface area contributed by atoms with Crippen LogP contribution >= 0.6 is 0 Å². The van der Waals surface area contributed by atoms with Crippen molar-refractivity contribution in [2.75, 3.05) is 13.7 Å². The molecule has 0 aromatic heterocycles. The fraction of sp³-hybridized carbons (Fsp3) is 0.625. The summed E-state index contributed by atoms with van der Waals surface area (Å²) < 4.78 is 5.53. The molecule has 0 radical (unpaired) electrons. The third-order valence-electron chi connectivity index (χ3n) is 3.99. The smallest absolute Gasteiger partial charge is 0.122 e. The topological polar surface area (TPSA) is 21.3 Å². The minimum absolute atomic E-state index is 0.651. The lowest BCUT2D eigenvalue weighted by atomic mass is 9.80.